The van der Waals surface area contributed by atoms with Crippen LogP contribution in [0.2, 0.25) is 5.15 Å². The summed E-state index contributed by atoms with van der Waals surface area (Å²) < 4.78 is 1.65. The maximum atomic E-state index is 12.3. The highest BCUT2D eigenvalue weighted by atomic mass is 35.5. The topological polar surface area (TPSA) is 60.7 Å². The number of benzene rings is 1. The van der Waals surface area contributed by atoms with E-state index in [9.17, 15) is 4.79 Å². The fourth-order valence-electron chi connectivity index (χ4n) is 2.06. The summed E-state index contributed by atoms with van der Waals surface area (Å²) in [6.07, 6.45) is 3.04. The molecule has 0 unspecified atom stereocenters. The van der Waals surface area contributed by atoms with Crippen molar-refractivity contribution in [1.82, 2.24) is 19.5 Å². The first kappa shape index (κ1) is 12.7. The summed E-state index contributed by atoms with van der Waals surface area (Å²) in [5.74, 6) is 0. The predicted molar refractivity (Wildman–Crippen MR) is 76.9 cm³/mol. The number of halogens is 1. The fraction of sp³-hybridized carbons (Fsp3) is 0.143. The molecule has 0 bridgehead atoms. The van der Waals surface area contributed by atoms with Crippen LogP contribution < -0.4 is 5.56 Å². The Hall–Kier alpha value is -2.27. The zero-order chi connectivity index (χ0) is 14.1. The zero-order valence-electron chi connectivity index (χ0n) is 10.7. The molecule has 100 valence electrons. The van der Waals surface area contributed by atoms with Gasteiger partial charge >= 0.3 is 0 Å². The monoisotopic (exact) mass is 286 g/mol. The molecule has 0 atom stereocenters. The molecule has 2 aromatic heterocycles. The van der Waals surface area contributed by atoms with Crippen molar-refractivity contribution in [2.75, 3.05) is 0 Å². The van der Waals surface area contributed by atoms with Gasteiger partial charge in [0.05, 0.1) is 35.7 Å². The van der Waals surface area contributed by atoms with Crippen molar-refractivity contribution in [3.05, 3.63) is 63.6 Å². The van der Waals surface area contributed by atoms with E-state index < -0.39 is 0 Å². The lowest BCUT2D eigenvalue weighted by atomic mass is 10.2. The van der Waals surface area contributed by atoms with Crippen molar-refractivity contribution in [3.8, 4) is 0 Å². The number of aryl methyl sites for hydroxylation is 1. The molecule has 0 amide bonds. The third-order valence-corrected chi connectivity index (χ3v) is 3.20. The smallest absolute Gasteiger partial charge is 0.272 e. The Balaban J connectivity index is 2.17. The maximum Gasteiger partial charge on any atom is 0.272 e. The number of rotatable bonds is 2. The van der Waals surface area contributed by atoms with E-state index in [0.717, 1.165) is 11.0 Å². The van der Waals surface area contributed by atoms with Crippen molar-refractivity contribution < 1.29 is 0 Å². The SMILES string of the molecule is Cc1nc2ccccc2n(Cc2cnc(Cl)cn2)c1=O. The molecule has 3 aromatic rings. The van der Waals surface area contributed by atoms with E-state index in [2.05, 4.69) is 15.0 Å². The molecule has 0 aliphatic rings. The minimum absolute atomic E-state index is 0.125. The first-order chi connectivity index (χ1) is 9.65. The van der Waals surface area contributed by atoms with Crippen molar-refractivity contribution in [2.45, 2.75) is 13.5 Å². The van der Waals surface area contributed by atoms with Gasteiger partial charge in [-0.3, -0.25) is 14.3 Å². The van der Waals surface area contributed by atoms with Gasteiger partial charge in [-0.25, -0.2) is 9.97 Å². The Morgan fingerprint density at radius 3 is 2.75 bits per heavy atom. The molecule has 0 aliphatic heterocycles. The van der Waals surface area contributed by atoms with Crippen LogP contribution in [0.3, 0.4) is 0 Å². The molecule has 0 N–H and O–H groups in total. The third-order valence-electron chi connectivity index (χ3n) is 3.01. The number of para-hydroxylation sites is 2. The van der Waals surface area contributed by atoms with Crippen LogP contribution in [0.15, 0.2) is 41.5 Å². The summed E-state index contributed by atoms with van der Waals surface area (Å²) >= 11 is 5.71. The van der Waals surface area contributed by atoms with E-state index in [-0.39, 0.29) is 5.56 Å². The molecule has 5 nitrogen and oxygen atoms in total. The lowest BCUT2D eigenvalue weighted by Crippen LogP contribution is -2.25. The van der Waals surface area contributed by atoms with E-state index in [4.69, 9.17) is 11.6 Å². The van der Waals surface area contributed by atoms with Crippen LogP contribution in [0.1, 0.15) is 11.4 Å². The number of hydrogen-bond acceptors (Lipinski definition) is 4. The number of nitrogens with zero attached hydrogens (tertiary/aromatic N) is 4. The van der Waals surface area contributed by atoms with Gasteiger partial charge in [0, 0.05) is 0 Å². The van der Waals surface area contributed by atoms with Gasteiger partial charge in [-0.2, -0.15) is 0 Å². The molecule has 3 rings (SSSR count). The van der Waals surface area contributed by atoms with Crippen LogP contribution in [0.5, 0.6) is 0 Å². The fourth-order valence-corrected chi connectivity index (χ4v) is 2.16. The summed E-state index contributed by atoms with van der Waals surface area (Å²) in [5, 5.41) is 0.330. The van der Waals surface area contributed by atoms with Gasteiger partial charge in [-0.1, -0.05) is 23.7 Å². The second kappa shape index (κ2) is 5.02. The van der Waals surface area contributed by atoms with Crippen molar-refractivity contribution >= 4 is 22.6 Å². The second-order valence-corrected chi connectivity index (χ2v) is 4.79. The molecule has 20 heavy (non-hydrogen) atoms. The molecule has 0 spiro atoms. The Morgan fingerprint density at radius 2 is 2.00 bits per heavy atom. The molecule has 0 saturated heterocycles. The molecule has 0 radical (unpaired) electrons. The van der Waals surface area contributed by atoms with Crippen LogP contribution in [0, 0.1) is 6.92 Å². The Morgan fingerprint density at radius 1 is 1.20 bits per heavy atom. The average molecular weight is 287 g/mol. The molecular weight excluding hydrogens is 276 g/mol. The highest BCUT2D eigenvalue weighted by Crippen LogP contribution is 2.11. The summed E-state index contributed by atoms with van der Waals surface area (Å²) in [6.45, 7) is 2.05. The predicted octanol–water partition coefficient (Wildman–Crippen LogP) is 2.20. The Labute approximate surface area is 119 Å². The maximum absolute atomic E-state index is 12.3. The molecule has 1 aromatic carbocycles. The summed E-state index contributed by atoms with van der Waals surface area (Å²) in [6, 6.07) is 7.52. The van der Waals surface area contributed by atoms with Crippen LogP contribution in [0.4, 0.5) is 0 Å². The Bertz CT molecular complexity index is 827. The lowest BCUT2D eigenvalue weighted by molar-refractivity contribution is 0.751. The van der Waals surface area contributed by atoms with E-state index in [1.54, 1.807) is 17.7 Å². The normalized spacial score (nSPS) is 10.9. The molecule has 6 heteroatoms. The van der Waals surface area contributed by atoms with Crippen LogP contribution in [0.25, 0.3) is 11.0 Å². The zero-order valence-corrected chi connectivity index (χ0v) is 11.5. The van der Waals surface area contributed by atoms with E-state index >= 15 is 0 Å². The number of aromatic nitrogens is 4. The second-order valence-electron chi connectivity index (χ2n) is 4.41. The van der Waals surface area contributed by atoms with E-state index in [0.29, 0.717) is 23.1 Å². The van der Waals surface area contributed by atoms with Crippen molar-refractivity contribution in [1.29, 1.82) is 0 Å². The van der Waals surface area contributed by atoms with Crippen molar-refractivity contribution in [3.63, 3.8) is 0 Å². The van der Waals surface area contributed by atoms with Crippen LogP contribution in [-0.4, -0.2) is 19.5 Å². The standard InChI is InChI=1S/C14H11ClN4O/c1-9-14(20)19(8-10-6-17-13(15)7-16-10)12-5-3-2-4-11(12)18-9/h2-7H,8H2,1H3. The molecular formula is C14H11ClN4O. The van der Waals surface area contributed by atoms with Crippen LogP contribution >= 0.6 is 11.6 Å². The summed E-state index contributed by atoms with van der Waals surface area (Å²) in [4.78, 5) is 24.7. The minimum Gasteiger partial charge on any atom is -0.299 e. The molecule has 2 heterocycles. The van der Waals surface area contributed by atoms with Gasteiger partial charge in [-0.15, -0.1) is 0 Å². The van der Waals surface area contributed by atoms with Gasteiger partial charge in [-0.05, 0) is 19.1 Å². The molecule has 0 aliphatic carbocycles. The minimum atomic E-state index is -0.125. The van der Waals surface area contributed by atoms with E-state index in [1.807, 2.05) is 24.3 Å². The molecule has 0 fully saturated rings. The third kappa shape index (κ3) is 2.28. The van der Waals surface area contributed by atoms with Gasteiger partial charge in [0.25, 0.3) is 5.56 Å². The Kier molecular flexibility index (Phi) is 3.20. The number of fused-ring (bicyclic) bond motifs is 1. The van der Waals surface area contributed by atoms with Gasteiger partial charge in [0.2, 0.25) is 0 Å². The summed E-state index contributed by atoms with van der Waals surface area (Å²) in [7, 11) is 0. The van der Waals surface area contributed by atoms with Crippen molar-refractivity contribution in [2.24, 2.45) is 0 Å². The van der Waals surface area contributed by atoms with Gasteiger partial charge in [0.15, 0.2) is 0 Å². The highest BCUT2D eigenvalue weighted by Gasteiger charge is 2.08. The average Bonchev–Trinajstić information content (AvgIpc) is 2.46. The van der Waals surface area contributed by atoms with Crippen LogP contribution in [-0.2, 0) is 6.54 Å². The van der Waals surface area contributed by atoms with Gasteiger partial charge < -0.3 is 0 Å². The molecule has 0 saturated carbocycles. The van der Waals surface area contributed by atoms with Gasteiger partial charge in [0.1, 0.15) is 10.8 Å². The largest absolute Gasteiger partial charge is 0.299 e. The first-order valence-corrected chi connectivity index (χ1v) is 6.45. The quantitative estimate of drug-likeness (QED) is 0.724. The van der Waals surface area contributed by atoms with E-state index in [1.165, 1.54) is 6.20 Å². The lowest BCUT2D eigenvalue weighted by Gasteiger charge is -2.10. The number of hydrogen-bond donors (Lipinski definition) is 0. The first-order valence-electron chi connectivity index (χ1n) is 6.08. The highest BCUT2D eigenvalue weighted by molar-refractivity contribution is 6.29. The summed E-state index contributed by atoms with van der Waals surface area (Å²) in [5.41, 5.74) is 2.57.